The van der Waals surface area contributed by atoms with E-state index in [2.05, 4.69) is 41.5 Å². The summed E-state index contributed by atoms with van der Waals surface area (Å²) in [5.74, 6) is 0.192. The van der Waals surface area contributed by atoms with Crippen LogP contribution in [0.3, 0.4) is 0 Å². The lowest BCUT2D eigenvalue weighted by molar-refractivity contribution is -0.174. The van der Waals surface area contributed by atoms with Crippen molar-refractivity contribution in [3.8, 4) is 23.0 Å². The van der Waals surface area contributed by atoms with Gasteiger partial charge < -0.3 is 28.4 Å². The number of hydrogen-bond donors (Lipinski definition) is 0. The molecule has 282 valence electrons. The van der Waals surface area contributed by atoms with Gasteiger partial charge in [-0.05, 0) is 84.7 Å². The van der Waals surface area contributed by atoms with Crippen molar-refractivity contribution in [2.45, 2.75) is 92.3 Å². The molecule has 52 heavy (non-hydrogen) atoms. The van der Waals surface area contributed by atoms with Crippen LogP contribution in [0.15, 0.2) is 36.4 Å². The minimum atomic E-state index is -0.568. The molecule has 4 aliphatic carbocycles. The zero-order valence-corrected chi connectivity index (χ0v) is 32.3. The van der Waals surface area contributed by atoms with Crippen LogP contribution in [0, 0.1) is 45.3 Å². The number of hydrogen-bond acceptors (Lipinski definition) is 10. The van der Waals surface area contributed by atoms with Crippen molar-refractivity contribution in [1.29, 1.82) is 0 Å². The first-order valence-corrected chi connectivity index (χ1v) is 18.4. The third-order valence-corrected chi connectivity index (χ3v) is 14.6. The van der Waals surface area contributed by atoms with E-state index >= 15 is 0 Å². The molecule has 0 radical (unpaired) electrons. The minimum Gasteiger partial charge on any atom is -0.493 e. The van der Waals surface area contributed by atoms with Gasteiger partial charge >= 0.3 is 11.9 Å². The number of Topliss-reactive ketones (excluding diaryl/α,β-unsaturated/α-hetero) is 2. The van der Waals surface area contributed by atoms with Gasteiger partial charge in [0, 0.05) is 33.8 Å². The molecule has 10 heteroatoms. The number of methoxy groups -OCH3 is 4. The Morgan fingerprint density at radius 2 is 0.904 bits per heavy atom. The summed E-state index contributed by atoms with van der Waals surface area (Å²) in [5, 5.41) is 0. The van der Waals surface area contributed by atoms with Crippen molar-refractivity contribution in [1.82, 2.24) is 0 Å². The highest BCUT2D eigenvalue weighted by Gasteiger charge is 2.76. The molecule has 4 saturated carbocycles. The summed E-state index contributed by atoms with van der Waals surface area (Å²) in [6.07, 6.45) is 1.99. The molecule has 2 aromatic rings. The fourth-order valence-electron chi connectivity index (χ4n) is 11.0. The standard InChI is InChI=1S/C42H54O10/c1-39(2)25-15-17-41(39,5)37(51-33(45)21-27(43)23-11-13-29(47-7)31(19-23)49-9)35(25)36-26-16-18-42(6,40(26,3)4)38(36)52-34(46)22-28(44)24-12-14-30(48-8)32(20-24)50-10/h11-14,19-20,25-26,35-38H,15-18,21-22H2,1-10H3/t25-,26-,35+,36+,37-,38-,41+,42+/m1/s1. The SMILES string of the molecule is COc1ccc(C(=O)CC(=O)O[C@@H]2[C@H]([C@@H]3[C@H]4CC[C@@](C)([C@@H]3OC(=O)CC(=O)c3ccc(OC)c(OC)c3)C4(C)C)[C@H]3CC[C@]2(C)C3(C)C)cc1OC. The lowest BCUT2D eigenvalue weighted by Gasteiger charge is -2.45. The number of rotatable bonds is 13. The van der Waals surface area contributed by atoms with Crippen molar-refractivity contribution in [3.63, 3.8) is 0 Å². The normalized spacial score (nSPS) is 31.9. The summed E-state index contributed by atoms with van der Waals surface area (Å²) in [7, 11) is 6.04. The van der Waals surface area contributed by atoms with E-state index in [1.165, 1.54) is 28.4 Å². The van der Waals surface area contributed by atoms with Crippen LogP contribution in [-0.4, -0.2) is 64.2 Å². The molecule has 0 aliphatic heterocycles. The Hall–Kier alpha value is -4.08. The molecule has 4 bridgehead atoms. The van der Waals surface area contributed by atoms with Crippen LogP contribution >= 0.6 is 0 Å². The maximum Gasteiger partial charge on any atom is 0.314 e. The Labute approximate surface area is 307 Å². The van der Waals surface area contributed by atoms with E-state index in [0.717, 1.165) is 25.7 Å². The summed E-state index contributed by atoms with van der Waals surface area (Å²) in [6.45, 7) is 13.5. The Kier molecular flexibility index (Phi) is 9.71. The van der Waals surface area contributed by atoms with Gasteiger partial charge in [0.1, 0.15) is 25.0 Å². The maximum absolute atomic E-state index is 13.8. The number of benzene rings is 2. The van der Waals surface area contributed by atoms with Crippen molar-refractivity contribution in [2.24, 2.45) is 45.3 Å². The maximum atomic E-state index is 13.8. The predicted molar refractivity (Wildman–Crippen MR) is 193 cm³/mol. The van der Waals surface area contributed by atoms with Gasteiger partial charge in [0.05, 0.1) is 28.4 Å². The number of fused-ring (bicyclic) bond motifs is 4. The van der Waals surface area contributed by atoms with Gasteiger partial charge in [-0.2, -0.15) is 0 Å². The molecule has 4 aliphatic rings. The lowest BCUT2D eigenvalue weighted by atomic mass is 9.65. The molecule has 0 aromatic heterocycles. The third-order valence-electron chi connectivity index (χ3n) is 14.6. The van der Waals surface area contributed by atoms with Crippen LogP contribution < -0.4 is 18.9 Å². The molecule has 0 N–H and O–H groups in total. The summed E-state index contributed by atoms with van der Waals surface area (Å²) in [5.41, 5.74) is -0.336. The highest BCUT2D eigenvalue weighted by atomic mass is 16.6. The van der Waals surface area contributed by atoms with E-state index in [9.17, 15) is 19.2 Å². The predicted octanol–water partition coefficient (Wildman–Crippen LogP) is 7.54. The Morgan fingerprint density at radius 3 is 1.23 bits per heavy atom. The van der Waals surface area contributed by atoms with Gasteiger partial charge in [-0.3, -0.25) is 19.2 Å². The topological polar surface area (TPSA) is 124 Å². The van der Waals surface area contributed by atoms with Crippen molar-refractivity contribution in [3.05, 3.63) is 47.5 Å². The molecule has 0 amide bonds. The van der Waals surface area contributed by atoms with Crippen molar-refractivity contribution >= 4 is 23.5 Å². The highest BCUT2D eigenvalue weighted by Crippen LogP contribution is 2.76. The zero-order chi connectivity index (χ0) is 38.0. The van der Waals surface area contributed by atoms with Crippen molar-refractivity contribution < 1.29 is 47.6 Å². The minimum absolute atomic E-state index is 0.0837. The molecule has 0 spiro atoms. The second kappa shape index (κ2) is 13.4. The molecule has 0 unspecified atom stereocenters. The fraction of sp³-hybridized carbons (Fsp3) is 0.619. The van der Waals surface area contributed by atoms with Gasteiger partial charge in [0.15, 0.2) is 34.6 Å². The van der Waals surface area contributed by atoms with Crippen LogP contribution in [0.2, 0.25) is 0 Å². The molecular formula is C42H54O10. The highest BCUT2D eigenvalue weighted by molar-refractivity contribution is 6.07. The number of ketones is 2. The zero-order valence-electron chi connectivity index (χ0n) is 32.3. The van der Waals surface area contributed by atoms with Crippen LogP contribution in [0.25, 0.3) is 0 Å². The van der Waals surface area contributed by atoms with E-state index in [0.29, 0.717) is 34.1 Å². The number of carbonyl (C=O) groups excluding carboxylic acids is 4. The summed E-state index contributed by atoms with van der Waals surface area (Å²) in [4.78, 5) is 54.3. The smallest absolute Gasteiger partial charge is 0.314 e. The van der Waals surface area contributed by atoms with Gasteiger partial charge in [0.2, 0.25) is 0 Å². The van der Waals surface area contributed by atoms with E-state index in [-0.39, 0.29) is 56.9 Å². The molecule has 0 heterocycles. The third kappa shape index (κ3) is 5.66. The molecular weight excluding hydrogens is 664 g/mol. The van der Waals surface area contributed by atoms with Gasteiger partial charge in [-0.15, -0.1) is 0 Å². The molecule has 0 saturated heterocycles. The van der Waals surface area contributed by atoms with Gasteiger partial charge in [-0.1, -0.05) is 41.5 Å². The van der Waals surface area contributed by atoms with E-state index in [1.807, 2.05) is 0 Å². The van der Waals surface area contributed by atoms with Gasteiger partial charge in [-0.25, -0.2) is 0 Å². The van der Waals surface area contributed by atoms with Crippen LogP contribution in [0.1, 0.15) is 101 Å². The average Bonchev–Trinajstić information content (AvgIpc) is 3.61. The first-order chi connectivity index (χ1) is 24.5. The van der Waals surface area contributed by atoms with Crippen molar-refractivity contribution in [2.75, 3.05) is 28.4 Å². The largest absolute Gasteiger partial charge is 0.493 e. The first kappa shape index (κ1) is 37.7. The molecule has 10 nitrogen and oxygen atoms in total. The molecule has 2 aromatic carbocycles. The second-order valence-electron chi connectivity index (χ2n) is 16.9. The van der Waals surface area contributed by atoms with Crippen LogP contribution in [0.4, 0.5) is 0 Å². The lowest BCUT2D eigenvalue weighted by Crippen LogP contribution is -2.49. The Balaban J connectivity index is 1.27. The number of ether oxygens (including phenoxy) is 6. The van der Waals surface area contributed by atoms with E-state index in [1.54, 1.807) is 36.4 Å². The van der Waals surface area contributed by atoms with Crippen LogP contribution in [-0.2, 0) is 19.1 Å². The summed E-state index contributed by atoms with van der Waals surface area (Å²) < 4.78 is 34.3. The summed E-state index contributed by atoms with van der Waals surface area (Å²) in [6, 6.07) is 9.68. The van der Waals surface area contributed by atoms with E-state index < -0.39 is 37.0 Å². The Bertz CT molecular complexity index is 1630. The molecule has 4 fully saturated rings. The number of esters is 2. The summed E-state index contributed by atoms with van der Waals surface area (Å²) >= 11 is 0. The molecule has 8 atom stereocenters. The quantitative estimate of drug-likeness (QED) is 0.117. The van der Waals surface area contributed by atoms with Gasteiger partial charge in [0.25, 0.3) is 0 Å². The van der Waals surface area contributed by atoms with E-state index in [4.69, 9.17) is 28.4 Å². The fourth-order valence-corrected chi connectivity index (χ4v) is 11.0. The average molecular weight is 719 g/mol. The molecule has 6 rings (SSSR count). The number of carbonyl (C=O) groups is 4. The first-order valence-electron chi connectivity index (χ1n) is 18.4. The van der Waals surface area contributed by atoms with Crippen LogP contribution in [0.5, 0.6) is 23.0 Å². The Morgan fingerprint density at radius 1 is 0.558 bits per heavy atom. The second-order valence-corrected chi connectivity index (χ2v) is 16.9. The monoisotopic (exact) mass is 718 g/mol.